The zero-order chi connectivity index (χ0) is 10.1. The van der Waals surface area contributed by atoms with Crippen LogP contribution in [-0.2, 0) is 0 Å². The van der Waals surface area contributed by atoms with Gasteiger partial charge in [-0.2, -0.15) is 0 Å². The summed E-state index contributed by atoms with van der Waals surface area (Å²) in [5.74, 6) is -0.173. The topological polar surface area (TPSA) is 52.5 Å². The van der Waals surface area contributed by atoms with Gasteiger partial charge in [-0.3, -0.25) is 0 Å². The van der Waals surface area contributed by atoms with Crippen LogP contribution in [0.3, 0.4) is 0 Å². The van der Waals surface area contributed by atoms with Gasteiger partial charge >= 0.3 is 0 Å². The predicted octanol–water partition coefficient (Wildman–Crippen LogP) is 2.29. The molecule has 3 N–H and O–H groups in total. The van der Waals surface area contributed by atoms with Gasteiger partial charge in [0.25, 0.3) is 0 Å². The van der Waals surface area contributed by atoms with Crippen molar-refractivity contribution in [3.8, 4) is 11.5 Å². The fourth-order valence-corrected chi connectivity index (χ4v) is 1.55. The fraction of sp³-hybridized carbons (Fsp3) is 0.0909. The van der Waals surface area contributed by atoms with Crippen LogP contribution >= 0.6 is 0 Å². The SMILES string of the molecule is CNc1cc(O)c(O)c2ccccc12. The molecule has 0 aliphatic rings. The van der Waals surface area contributed by atoms with E-state index >= 15 is 0 Å². The van der Waals surface area contributed by atoms with Crippen molar-refractivity contribution in [1.82, 2.24) is 0 Å². The molecule has 0 saturated heterocycles. The molecular weight excluding hydrogens is 178 g/mol. The van der Waals surface area contributed by atoms with Crippen LogP contribution in [-0.4, -0.2) is 17.3 Å². The van der Waals surface area contributed by atoms with Crippen LogP contribution in [0.2, 0.25) is 0 Å². The maximum Gasteiger partial charge on any atom is 0.165 e. The van der Waals surface area contributed by atoms with Crippen molar-refractivity contribution in [3.05, 3.63) is 30.3 Å². The Hall–Kier alpha value is -1.90. The smallest absolute Gasteiger partial charge is 0.165 e. The molecular formula is C11H11NO2. The molecule has 0 amide bonds. The highest BCUT2D eigenvalue weighted by Gasteiger charge is 2.08. The van der Waals surface area contributed by atoms with E-state index in [0.717, 1.165) is 11.1 Å². The lowest BCUT2D eigenvalue weighted by molar-refractivity contribution is 0.408. The summed E-state index contributed by atoms with van der Waals surface area (Å²) in [6.45, 7) is 0. The van der Waals surface area contributed by atoms with Gasteiger partial charge in [-0.25, -0.2) is 0 Å². The third kappa shape index (κ3) is 1.14. The third-order valence-electron chi connectivity index (χ3n) is 2.27. The average molecular weight is 189 g/mol. The molecule has 0 aliphatic carbocycles. The van der Waals surface area contributed by atoms with Gasteiger partial charge < -0.3 is 15.5 Å². The minimum atomic E-state index is -0.104. The summed E-state index contributed by atoms with van der Waals surface area (Å²) in [7, 11) is 1.78. The average Bonchev–Trinajstić information content (AvgIpc) is 2.23. The first-order valence-corrected chi connectivity index (χ1v) is 4.35. The molecule has 2 aromatic carbocycles. The summed E-state index contributed by atoms with van der Waals surface area (Å²) < 4.78 is 0. The number of nitrogens with one attached hydrogen (secondary N) is 1. The van der Waals surface area contributed by atoms with Crippen LogP contribution in [0.5, 0.6) is 11.5 Å². The number of anilines is 1. The van der Waals surface area contributed by atoms with Crippen molar-refractivity contribution in [2.24, 2.45) is 0 Å². The van der Waals surface area contributed by atoms with Gasteiger partial charge in [-0.1, -0.05) is 24.3 Å². The van der Waals surface area contributed by atoms with Crippen LogP contribution in [0.25, 0.3) is 10.8 Å². The summed E-state index contributed by atoms with van der Waals surface area (Å²) >= 11 is 0. The number of phenols is 2. The summed E-state index contributed by atoms with van der Waals surface area (Å²) in [6, 6.07) is 8.88. The van der Waals surface area contributed by atoms with Gasteiger partial charge in [0.2, 0.25) is 0 Å². The van der Waals surface area contributed by atoms with Crippen molar-refractivity contribution >= 4 is 16.5 Å². The van der Waals surface area contributed by atoms with Crippen molar-refractivity contribution in [1.29, 1.82) is 0 Å². The van der Waals surface area contributed by atoms with Crippen LogP contribution in [0.4, 0.5) is 5.69 Å². The van der Waals surface area contributed by atoms with Crippen molar-refractivity contribution in [3.63, 3.8) is 0 Å². The van der Waals surface area contributed by atoms with Gasteiger partial charge in [0.1, 0.15) is 0 Å². The Morgan fingerprint density at radius 2 is 1.71 bits per heavy atom. The largest absolute Gasteiger partial charge is 0.504 e. The van der Waals surface area contributed by atoms with Crippen molar-refractivity contribution in [2.45, 2.75) is 0 Å². The lowest BCUT2D eigenvalue weighted by atomic mass is 10.1. The van der Waals surface area contributed by atoms with Gasteiger partial charge in [-0.15, -0.1) is 0 Å². The highest BCUT2D eigenvalue weighted by Crippen LogP contribution is 2.38. The van der Waals surface area contributed by atoms with E-state index in [1.807, 2.05) is 18.2 Å². The minimum Gasteiger partial charge on any atom is -0.504 e. The van der Waals surface area contributed by atoms with Crippen molar-refractivity contribution in [2.75, 3.05) is 12.4 Å². The minimum absolute atomic E-state index is 0.0698. The molecule has 0 atom stereocenters. The zero-order valence-corrected chi connectivity index (χ0v) is 7.78. The predicted molar refractivity (Wildman–Crippen MR) is 56.8 cm³/mol. The molecule has 14 heavy (non-hydrogen) atoms. The van der Waals surface area contributed by atoms with Crippen LogP contribution < -0.4 is 5.32 Å². The first-order chi connectivity index (χ1) is 6.74. The van der Waals surface area contributed by atoms with E-state index in [9.17, 15) is 10.2 Å². The molecule has 3 nitrogen and oxygen atoms in total. The number of benzene rings is 2. The Morgan fingerprint density at radius 1 is 1.07 bits per heavy atom. The van der Waals surface area contributed by atoms with E-state index < -0.39 is 0 Å². The fourth-order valence-electron chi connectivity index (χ4n) is 1.55. The van der Waals surface area contributed by atoms with Gasteiger partial charge in [0.15, 0.2) is 11.5 Å². The Balaban J connectivity index is 2.89. The molecule has 0 aromatic heterocycles. The molecule has 72 valence electrons. The van der Waals surface area contributed by atoms with E-state index in [4.69, 9.17) is 0 Å². The number of hydrogen-bond donors (Lipinski definition) is 3. The van der Waals surface area contributed by atoms with E-state index in [-0.39, 0.29) is 11.5 Å². The number of phenolic OH excluding ortho intramolecular Hbond substituents is 2. The number of hydrogen-bond acceptors (Lipinski definition) is 3. The molecule has 2 rings (SSSR count). The first-order valence-electron chi connectivity index (χ1n) is 4.35. The molecule has 0 bridgehead atoms. The quantitative estimate of drug-likeness (QED) is 0.476. The number of fused-ring (bicyclic) bond motifs is 1. The van der Waals surface area contributed by atoms with Gasteiger partial charge in [-0.05, 0) is 0 Å². The lowest BCUT2D eigenvalue weighted by Crippen LogP contribution is -1.89. The van der Waals surface area contributed by atoms with E-state index in [1.165, 1.54) is 6.07 Å². The van der Waals surface area contributed by atoms with Crippen LogP contribution in [0.15, 0.2) is 30.3 Å². The monoisotopic (exact) mass is 189 g/mol. The summed E-state index contributed by atoms with van der Waals surface area (Å²) in [6.07, 6.45) is 0. The molecule has 0 fully saturated rings. The Kier molecular flexibility index (Phi) is 1.93. The van der Waals surface area contributed by atoms with Crippen LogP contribution in [0.1, 0.15) is 0 Å². The highest BCUT2D eigenvalue weighted by atomic mass is 16.3. The molecule has 0 spiro atoms. The van der Waals surface area contributed by atoms with E-state index in [0.29, 0.717) is 5.39 Å². The molecule has 0 unspecified atom stereocenters. The summed E-state index contributed by atoms with van der Waals surface area (Å²) in [5.41, 5.74) is 0.802. The Bertz CT molecular complexity index is 480. The zero-order valence-electron chi connectivity index (χ0n) is 7.78. The standard InChI is InChI=1S/C11H11NO2/c1-12-9-6-10(13)11(14)8-5-3-2-4-7(8)9/h2-6,12-14H,1H3. The van der Waals surface area contributed by atoms with E-state index in [2.05, 4.69) is 5.32 Å². The highest BCUT2D eigenvalue weighted by molar-refractivity contribution is 5.99. The van der Waals surface area contributed by atoms with E-state index in [1.54, 1.807) is 13.1 Å². The molecule has 2 aromatic rings. The normalized spacial score (nSPS) is 10.4. The Labute approximate surface area is 81.6 Å². The molecule has 0 radical (unpaired) electrons. The summed E-state index contributed by atoms with van der Waals surface area (Å²) in [4.78, 5) is 0. The second-order valence-corrected chi connectivity index (χ2v) is 3.09. The summed E-state index contributed by atoms with van der Waals surface area (Å²) in [5, 5.41) is 23.6. The first kappa shape index (κ1) is 8.69. The maximum atomic E-state index is 9.60. The third-order valence-corrected chi connectivity index (χ3v) is 2.27. The lowest BCUT2D eigenvalue weighted by Gasteiger charge is -2.08. The van der Waals surface area contributed by atoms with Crippen molar-refractivity contribution < 1.29 is 10.2 Å². The van der Waals surface area contributed by atoms with Gasteiger partial charge in [0.05, 0.1) is 0 Å². The number of rotatable bonds is 1. The molecule has 0 heterocycles. The molecule has 0 aliphatic heterocycles. The maximum absolute atomic E-state index is 9.60. The number of aromatic hydroxyl groups is 2. The second kappa shape index (κ2) is 3.10. The van der Waals surface area contributed by atoms with Gasteiger partial charge in [0, 0.05) is 29.6 Å². The Morgan fingerprint density at radius 3 is 2.36 bits per heavy atom. The molecule has 3 heteroatoms. The second-order valence-electron chi connectivity index (χ2n) is 3.09. The molecule has 0 saturated carbocycles. The van der Waals surface area contributed by atoms with Crippen LogP contribution in [0, 0.1) is 0 Å².